The molecule has 0 amide bonds. The van der Waals surface area contributed by atoms with E-state index in [1.807, 2.05) is 51.1 Å². The summed E-state index contributed by atoms with van der Waals surface area (Å²) in [5.41, 5.74) is 7.15. The van der Waals surface area contributed by atoms with Crippen molar-refractivity contribution < 1.29 is 65.9 Å². The molecular weight excluding hydrogens is 1360 g/mol. The fraction of sp³-hybridized carbons (Fsp3) is 0.203. The summed E-state index contributed by atoms with van der Waals surface area (Å²) in [6, 6.07) is 31.1. The number of nitrogens with zero attached hydrogens (tertiary/aromatic N) is 9. The lowest BCUT2D eigenvalue weighted by Gasteiger charge is -2.12. The molecular formula is C64H73B2BrN12O14S3. The Morgan fingerprint density at radius 2 is 0.802 bits per heavy atom. The fourth-order valence-corrected chi connectivity index (χ4v) is 13.2. The average molecular weight is 1430 g/mol. The summed E-state index contributed by atoms with van der Waals surface area (Å²) in [6.45, 7) is 5.85. The molecule has 0 aliphatic rings. The maximum Gasteiger partial charge on any atom is 0.491 e. The van der Waals surface area contributed by atoms with Crippen molar-refractivity contribution in [3.63, 3.8) is 0 Å². The number of aromatic nitrogens is 9. The Labute approximate surface area is 570 Å². The fourth-order valence-electron chi connectivity index (χ4n) is 8.94. The van der Waals surface area contributed by atoms with Crippen molar-refractivity contribution >= 4 is 117 Å². The van der Waals surface area contributed by atoms with E-state index in [0.717, 1.165) is 16.7 Å². The Kier molecular flexibility index (Phi) is 27.5. The van der Waals surface area contributed by atoms with Crippen molar-refractivity contribution in [3.05, 3.63) is 187 Å². The third kappa shape index (κ3) is 18.1. The Morgan fingerprint density at radius 1 is 0.500 bits per heavy atom. The summed E-state index contributed by atoms with van der Waals surface area (Å²) in [5.74, 6) is 1.07. The van der Waals surface area contributed by atoms with E-state index >= 15 is 0 Å². The Bertz CT molecular complexity index is 4690. The van der Waals surface area contributed by atoms with Crippen molar-refractivity contribution in [1.29, 1.82) is 0 Å². The van der Waals surface area contributed by atoms with Gasteiger partial charge in [-0.05, 0) is 124 Å². The van der Waals surface area contributed by atoms with Gasteiger partial charge in [0.1, 0.15) is 50.9 Å². The van der Waals surface area contributed by atoms with Crippen molar-refractivity contribution in [3.8, 4) is 39.5 Å². The minimum atomic E-state index is -3.98. The third-order valence-corrected chi connectivity index (χ3v) is 18.3. The van der Waals surface area contributed by atoms with Gasteiger partial charge >= 0.3 is 7.12 Å². The van der Waals surface area contributed by atoms with Crippen LogP contribution in [0.25, 0.3) is 55.2 Å². The van der Waals surface area contributed by atoms with Crippen LogP contribution in [0.4, 0.5) is 17.5 Å². The van der Waals surface area contributed by atoms with Gasteiger partial charge in [-0.25, -0.2) is 55.2 Å². The lowest BCUT2D eigenvalue weighted by Crippen LogP contribution is -2.30. The topological polar surface area (TPSA) is 362 Å². The van der Waals surface area contributed by atoms with E-state index < -0.39 is 37.2 Å². The van der Waals surface area contributed by atoms with Crippen LogP contribution in [0, 0.1) is 0 Å². The number of hydrogen-bond donors (Lipinski definition) is 5. The number of ether oxygens (including phenoxy) is 3. The molecule has 32 heteroatoms. The zero-order valence-corrected chi connectivity index (χ0v) is 54.5. The SMILES string of the molecule is C.C.C.CCc1ccc(OC)c(S(=O)(=O)Nc2noc3cccc(-c4cncnc4)c23)c1.CCc1ccc(OC)c(S(=O)(=O)Nc2noc3cccc(-c4cncnc4)c23)c1.CCc1ccc(OC)c(S(=O)(=O)Nc2noc3cccc(Br)c23)c1.OB(O)c1cncnc1.[2H]C[B].[HH]. The van der Waals surface area contributed by atoms with E-state index in [9.17, 15) is 25.3 Å². The molecule has 0 bridgehead atoms. The van der Waals surface area contributed by atoms with Crippen molar-refractivity contribution in [1.82, 2.24) is 45.4 Å². The number of sulfonamides is 3. The van der Waals surface area contributed by atoms with Gasteiger partial charge in [-0.1, -0.05) is 114 Å². The van der Waals surface area contributed by atoms with Crippen LogP contribution in [0.1, 0.15) is 62.5 Å². The summed E-state index contributed by atoms with van der Waals surface area (Å²) < 4.78 is 124. The number of nitrogens with one attached hydrogen (secondary N) is 3. The Balaban J connectivity index is 0.000000283. The number of benzene rings is 6. The van der Waals surface area contributed by atoms with E-state index in [0.29, 0.717) is 84.4 Å². The summed E-state index contributed by atoms with van der Waals surface area (Å²) in [4.78, 5) is 23.4. The predicted molar refractivity (Wildman–Crippen MR) is 377 cm³/mol. The minimum Gasteiger partial charge on any atom is -0.495 e. The van der Waals surface area contributed by atoms with Crippen molar-refractivity contribution in [2.45, 2.75) is 83.8 Å². The van der Waals surface area contributed by atoms with Crippen molar-refractivity contribution in [2.75, 3.05) is 35.5 Å². The average Bonchev–Trinajstić information content (AvgIpc) is 1.56. The highest BCUT2D eigenvalue weighted by Crippen LogP contribution is 2.38. The smallest absolute Gasteiger partial charge is 0.491 e. The van der Waals surface area contributed by atoms with E-state index in [1.54, 1.807) is 104 Å². The van der Waals surface area contributed by atoms with Gasteiger partial charge in [0.25, 0.3) is 30.1 Å². The molecule has 12 rings (SSSR count). The highest BCUT2D eigenvalue weighted by molar-refractivity contribution is 9.10. The standard InChI is InChI=1S/2C20H18N4O4S.C16H15BrN2O4S.C4H5BN2O2.CH3B.3CH4.H2/c2*1-3-13-7-8-16(27-2)18(9-13)29(25,26)24-20-19-15(14-10-21-12-22-11-14)5-4-6-17(19)28-23-20;1-3-10-7-8-12(22-2)14(9-10)24(20,21)19-16-15-11(17)5-4-6-13(15)23-18-16;8-5(9)4-1-6-3-7-2-4;1-2;;;;/h2*4-12H,3H2,1-2H3,(H,23,24);4-9H,3H2,1-2H3,(H,18,19);1-3,8-9H;1H3;3*1H4;1H/i;;;;1D;;;;. The Hall–Kier alpha value is -9.85. The minimum absolute atomic E-state index is 0. The molecule has 26 nitrogen and oxygen atoms in total. The second-order valence-corrected chi connectivity index (χ2v) is 25.0. The second kappa shape index (κ2) is 35.1. The molecule has 6 aromatic carbocycles. The highest BCUT2D eigenvalue weighted by Gasteiger charge is 2.28. The normalized spacial score (nSPS) is 10.9. The first-order valence-electron chi connectivity index (χ1n) is 28.5. The summed E-state index contributed by atoms with van der Waals surface area (Å²) in [5, 5.41) is 30.3. The molecule has 6 heterocycles. The number of halogens is 1. The van der Waals surface area contributed by atoms with Gasteiger partial charge in [-0.3, -0.25) is 14.2 Å². The van der Waals surface area contributed by atoms with Gasteiger partial charge in [0, 0.05) is 61.0 Å². The van der Waals surface area contributed by atoms with Crippen LogP contribution in [-0.2, 0) is 49.3 Å². The molecule has 0 aliphatic heterocycles. The van der Waals surface area contributed by atoms with Gasteiger partial charge in [0.2, 0.25) is 0 Å². The largest absolute Gasteiger partial charge is 0.495 e. The van der Waals surface area contributed by atoms with Crippen LogP contribution in [0.2, 0.25) is 6.80 Å². The molecule has 12 aromatic rings. The molecule has 0 atom stereocenters. The van der Waals surface area contributed by atoms with E-state index in [2.05, 4.69) is 83.3 Å². The zero-order chi connectivity index (χ0) is 67.6. The molecule has 5 N–H and O–H groups in total. The van der Waals surface area contributed by atoms with Crippen LogP contribution in [0.3, 0.4) is 0 Å². The molecule has 0 fully saturated rings. The second-order valence-electron chi connectivity index (χ2n) is 19.2. The number of hydrogen-bond acceptors (Lipinski definition) is 23. The van der Waals surface area contributed by atoms with Gasteiger partial charge in [0.05, 0.1) is 45.3 Å². The zero-order valence-electron chi connectivity index (χ0n) is 51.5. The van der Waals surface area contributed by atoms with Crippen LogP contribution in [0.5, 0.6) is 17.2 Å². The van der Waals surface area contributed by atoms with E-state index in [4.69, 9.17) is 39.2 Å². The Morgan fingerprint density at radius 3 is 1.10 bits per heavy atom. The summed E-state index contributed by atoms with van der Waals surface area (Å²) in [6.07, 6.45) is 15.5. The molecule has 0 unspecified atom stereocenters. The van der Waals surface area contributed by atoms with Crippen LogP contribution >= 0.6 is 15.9 Å². The van der Waals surface area contributed by atoms with Crippen LogP contribution in [0.15, 0.2) is 198 Å². The van der Waals surface area contributed by atoms with E-state index in [1.165, 1.54) is 52.7 Å². The first kappa shape index (κ1) is 75.2. The summed E-state index contributed by atoms with van der Waals surface area (Å²) in [7, 11) is -4.50. The number of methoxy groups -OCH3 is 3. The number of fused-ring (bicyclic) bond motifs is 3. The molecule has 0 saturated carbocycles. The van der Waals surface area contributed by atoms with Gasteiger partial charge in [-0.15, -0.1) is 0 Å². The van der Waals surface area contributed by atoms with Gasteiger partial charge in [-0.2, -0.15) is 0 Å². The van der Waals surface area contributed by atoms with Gasteiger partial charge in [0.15, 0.2) is 34.2 Å². The predicted octanol–water partition coefficient (Wildman–Crippen LogP) is 11.8. The number of aryl methyl sites for hydroxylation is 3. The molecule has 2 radical (unpaired) electrons. The van der Waals surface area contributed by atoms with Crippen LogP contribution < -0.4 is 33.8 Å². The highest BCUT2D eigenvalue weighted by atomic mass is 79.9. The quantitative estimate of drug-likeness (QED) is 0.0498. The molecule has 504 valence electrons. The lowest BCUT2D eigenvalue weighted by molar-refractivity contribution is 0.402. The van der Waals surface area contributed by atoms with Gasteiger partial charge < -0.3 is 37.8 Å². The number of anilines is 3. The maximum atomic E-state index is 13.1. The van der Waals surface area contributed by atoms with Crippen LogP contribution in [-0.4, -0.2) is 117 Å². The van der Waals surface area contributed by atoms with Crippen molar-refractivity contribution in [2.24, 2.45) is 0 Å². The molecule has 0 saturated heterocycles. The monoisotopic (exact) mass is 1430 g/mol. The lowest BCUT2D eigenvalue weighted by atomic mass is 9.83. The first-order valence-corrected chi connectivity index (χ1v) is 33.0. The van der Waals surface area contributed by atoms with E-state index in [-0.39, 0.29) is 79.9 Å². The molecule has 0 aliphatic carbocycles. The molecule has 0 spiro atoms. The molecule has 6 aromatic heterocycles. The first-order chi connectivity index (χ1) is 45.2. The molecule has 96 heavy (non-hydrogen) atoms. The third-order valence-electron chi connectivity index (χ3n) is 13.5. The number of rotatable bonds is 18. The maximum absolute atomic E-state index is 13.1. The summed E-state index contributed by atoms with van der Waals surface area (Å²) >= 11 is 3.38.